The Morgan fingerprint density at radius 2 is 1.89 bits per heavy atom. The van der Waals surface area contributed by atoms with Crippen LogP contribution in [0.25, 0.3) is 0 Å². The van der Waals surface area contributed by atoms with Crippen molar-refractivity contribution < 1.29 is 15.4 Å². The van der Waals surface area contributed by atoms with E-state index in [0.29, 0.717) is 6.42 Å². The molecular weight excluding hydrogens is 122 g/mol. The fraction of sp³-hybridized carbons (Fsp3) is 1.00. The van der Waals surface area contributed by atoms with Crippen molar-refractivity contribution in [2.45, 2.75) is 25.6 Å². The van der Waals surface area contributed by atoms with Crippen molar-refractivity contribution in [1.29, 1.82) is 0 Å². The molecule has 0 rings (SSSR count). The zero-order valence-electron chi connectivity index (χ0n) is 5.41. The van der Waals surface area contributed by atoms with E-state index in [9.17, 15) is 0 Å². The van der Waals surface area contributed by atoms with E-state index in [1.807, 2.05) is 0 Å². The second-order valence-electron chi connectivity index (χ2n) is 1.91. The molecule has 0 aromatic carbocycles. The molecule has 0 heterocycles. The van der Waals surface area contributed by atoms with E-state index in [-0.39, 0.29) is 6.54 Å². The van der Waals surface area contributed by atoms with Crippen LogP contribution in [-0.4, -0.2) is 34.2 Å². The van der Waals surface area contributed by atoms with Gasteiger partial charge in [-0.05, 0) is 6.42 Å². The molecule has 0 radical (unpaired) electrons. The van der Waals surface area contributed by atoms with Crippen LogP contribution >= 0.6 is 0 Å². The smallest absolute Gasteiger partial charge is 0.0946 e. The molecule has 4 nitrogen and oxygen atoms in total. The van der Waals surface area contributed by atoms with Gasteiger partial charge in [0.05, 0.1) is 12.2 Å². The molecule has 0 bridgehead atoms. The van der Waals surface area contributed by atoms with Gasteiger partial charge in [-0.1, -0.05) is 6.92 Å². The summed E-state index contributed by atoms with van der Waals surface area (Å²) in [4.78, 5) is 0. The predicted molar refractivity (Wildman–Crippen MR) is 32.1 cm³/mol. The molecule has 2 atom stereocenters. The molecule has 0 aromatic rings. The number of rotatable bonds is 4. The lowest BCUT2D eigenvalue weighted by molar-refractivity contribution is -0.00375. The third-order valence-electron chi connectivity index (χ3n) is 1.16. The van der Waals surface area contributed by atoms with E-state index in [0.717, 1.165) is 0 Å². The fourth-order valence-corrected chi connectivity index (χ4v) is 0.502. The number of nitrogens with one attached hydrogen (secondary N) is 1. The van der Waals surface area contributed by atoms with E-state index in [4.69, 9.17) is 15.4 Å². The van der Waals surface area contributed by atoms with Crippen molar-refractivity contribution >= 4 is 0 Å². The predicted octanol–water partition coefficient (Wildman–Crippen LogP) is -0.903. The number of hydroxylamine groups is 1. The number of aliphatic hydroxyl groups is 2. The number of aliphatic hydroxyl groups excluding tert-OH is 2. The van der Waals surface area contributed by atoms with Crippen LogP contribution in [0.5, 0.6) is 0 Å². The molecule has 4 N–H and O–H groups in total. The molecule has 2 unspecified atom stereocenters. The molecule has 0 spiro atoms. The summed E-state index contributed by atoms with van der Waals surface area (Å²) in [7, 11) is 0. The monoisotopic (exact) mass is 135 g/mol. The highest BCUT2D eigenvalue weighted by atomic mass is 16.5. The first kappa shape index (κ1) is 8.84. The summed E-state index contributed by atoms with van der Waals surface area (Å²) < 4.78 is 0. The van der Waals surface area contributed by atoms with E-state index < -0.39 is 12.2 Å². The van der Waals surface area contributed by atoms with Crippen LogP contribution in [0.1, 0.15) is 13.3 Å². The fourth-order valence-electron chi connectivity index (χ4n) is 0.502. The van der Waals surface area contributed by atoms with Crippen molar-refractivity contribution in [3.63, 3.8) is 0 Å². The Hall–Kier alpha value is -0.160. The highest BCUT2D eigenvalue weighted by Gasteiger charge is 2.12. The highest BCUT2D eigenvalue weighted by Crippen LogP contribution is 1.95. The van der Waals surface area contributed by atoms with Crippen LogP contribution in [0, 0.1) is 0 Å². The molecule has 4 heteroatoms. The summed E-state index contributed by atoms with van der Waals surface area (Å²) >= 11 is 0. The van der Waals surface area contributed by atoms with E-state index in [2.05, 4.69) is 0 Å². The van der Waals surface area contributed by atoms with Gasteiger partial charge in [0.25, 0.3) is 0 Å². The first-order chi connectivity index (χ1) is 4.22. The summed E-state index contributed by atoms with van der Waals surface area (Å²) in [5.74, 6) is 0. The average Bonchev–Trinajstić information content (AvgIpc) is 1.87. The van der Waals surface area contributed by atoms with Gasteiger partial charge < -0.3 is 15.4 Å². The summed E-state index contributed by atoms with van der Waals surface area (Å²) in [6, 6.07) is 0. The molecule has 0 saturated carbocycles. The van der Waals surface area contributed by atoms with Gasteiger partial charge in [-0.15, -0.1) is 0 Å². The second kappa shape index (κ2) is 4.69. The van der Waals surface area contributed by atoms with Crippen LogP contribution in [0.4, 0.5) is 0 Å². The Balaban J connectivity index is 3.32. The Kier molecular flexibility index (Phi) is 4.61. The Morgan fingerprint density at radius 3 is 2.22 bits per heavy atom. The SMILES string of the molecule is CCC(O)C(O)CNO. The summed E-state index contributed by atoms with van der Waals surface area (Å²) in [6.07, 6.45) is -1.13. The van der Waals surface area contributed by atoms with Crippen LogP contribution in [-0.2, 0) is 0 Å². The van der Waals surface area contributed by atoms with Gasteiger partial charge in [-0.25, -0.2) is 5.48 Å². The average molecular weight is 135 g/mol. The minimum atomic E-state index is -0.875. The van der Waals surface area contributed by atoms with Crippen LogP contribution in [0.15, 0.2) is 0 Å². The minimum Gasteiger partial charge on any atom is -0.390 e. The first-order valence-electron chi connectivity index (χ1n) is 2.95. The summed E-state index contributed by atoms with van der Waals surface area (Å²) in [5, 5.41) is 25.8. The molecule has 0 aromatic heterocycles. The topological polar surface area (TPSA) is 72.7 Å². The van der Waals surface area contributed by atoms with Gasteiger partial charge in [0.1, 0.15) is 0 Å². The maximum atomic E-state index is 8.86. The van der Waals surface area contributed by atoms with Crippen LogP contribution < -0.4 is 5.48 Å². The molecule has 0 amide bonds. The van der Waals surface area contributed by atoms with Crippen molar-refractivity contribution in [3.8, 4) is 0 Å². The third kappa shape index (κ3) is 3.42. The summed E-state index contributed by atoms with van der Waals surface area (Å²) in [5.41, 5.74) is 1.77. The molecule has 0 saturated heterocycles. The minimum absolute atomic E-state index is 0.00894. The lowest BCUT2D eigenvalue weighted by atomic mass is 10.1. The molecule has 0 aliphatic heterocycles. The maximum Gasteiger partial charge on any atom is 0.0946 e. The summed E-state index contributed by atoms with van der Waals surface area (Å²) in [6.45, 7) is 1.76. The normalized spacial score (nSPS) is 17.3. The van der Waals surface area contributed by atoms with Gasteiger partial charge in [0.2, 0.25) is 0 Å². The zero-order chi connectivity index (χ0) is 7.28. The highest BCUT2D eigenvalue weighted by molar-refractivity contribution is 4.65. The van der Waals surface area contributed by atoms with Gasteiger partial charge in [0.15, 0.2) is 0 Å². The van der Waals surface area contributed by atoms with Gasteiger partial charge in [-0.3, -0.25) is 0 Å². The van der Waals surface area contributed by atoms with Gasteiger partial charge >= 0.3 is 0 Å². The van der Waals surface area contributed by atoms with Gasteiger partial charge in [0, 0.05) is 6.54 Å². The quantitative estimate of drug-likeness (QED) is 0.377. The van der Waals surface area contributed by atoms with E-state index >= 15 is 0 Å². The Labute approximate surface area is 54.1 Å². The third-order valence-corrected chi connectivity index (χ3v) is 1.16. The van der Waals surface area contributed by atoms with E-state index in [1.165, 1.54) is 0 Å². The lowest BCUT2D eigenvalue weighted by Gasteiger charge is -2.13. The van der Waals surface area contributed by atoms with Crippen molar-refractivity contribution in [2.75, 3.05) is 6.54 Å². The molecule has 56 valence electrons. The zero-order valence-corrected chi connectivity index (χ0v) is 5.41. The maximum absolute atomic E-state index is 8.86. The van der Waals surface area contributed by atoms with E-state index in [1.54, 1.807) is 12.4 Å². The molecule has 9 heavy (non-hydrogen) atoms. The molecular formula is C5H13NO3. The lowest BCUT2D eigenvalue weighted by Crippen LogP contribution is -2.34. The van der Waals surface area contributed by atoms with Crippen molar-refractivity contribution in [3.05, 3.63) is 0 Å². The first-order valence-corrected chi connectivity index (χ1v) is 2.95. The van der Waals surface area contributed by atoms with Crippen LogP contribution in [0.3, 0.4) is 0 Å². The molecule has 0 fully saturated rings. The largest absolute Gasteiger partial charge is 0.390 e. The van der Waals surface area contributed by atoms with Crippen LogP contribution in [0.2, 0.25) is 0 Å². The standard InChI is InChI=1S/C5H13NO3/c1-2-4(7)5(8)3-6-9/h4-9H,2-3H2,1H3. The van der Waals surface area contributed by atoms with Gasteiger partial charge in [-0.2, -0.15) is 0 Å². The van der Waals surface area contributed by atoms with Crippen molar-refractivity contribution in [1.82, 2.24) is 5.48 Å². The van der Waals surface area contributed by atoms with Crippen molar-refractivity contribution in [2.24, 2.45) is 0 Å². The number of hydrogen-bond donors (Lipinski definition) is 4. The second-order valence-corrected chi connectivity index (χ2v) is 1.91. The molecule has 0 aliphatic carbocycles. The number of hydrogen-bond acceptors (Lipinski definition) is 4. The Bertz CT molecular complexity index is 69.2. The Morgan fingerprint density at radius 1 is 1.33 bits per heavy atom. The molecule has 0 aliphatic rings.